The molecule has 2 rings (SSSR count). The number of nitrogens with one attached hydrogen (secondary N) is 1. The van der Waals surface area contributed by atoms with Crippen LogP contribution < -0.4 is 5.32 Å². The van der Waals surface area contributed by atoms with Crippen molar-refractivity contribution in [2.45, 2.75) is 39.2 Å². The second-order valence-electron chi connectivity index (χ2n) is 5.49. The van der Waals surface area contributed by atoms with Gasteiger partial charge in [-0.05, 0) is 76.5 Å². The Hall–Kier alpha value is -0.540. The minimum atomic E-state index is 0.619. The highest BCUT2D eigenvalue weighted by molar-refractivity contribution is 9.10. The van der Waals surface area contributed by atoms with Crippen LogP contribution in [-0.2, 0) is 0 Å². The molecular weight excluding hydrogens is 288 g/mol. The lowest BCUT2D eigenvalue weighted by atomic mass is 10.1. The molecule has 1 saturated heterocycles. The average molecular weight is 311 g/mol. The van der Waals surface area contributed by atoms with Crippen molar-refractivity contribution in [2.24, 2.45) is 0 Å². The molecule has 0 aromatic heterocycles. The molecule has 1 atom stereocenters. The Morgan fingerprint density at radius 3 is 2.50 bits per heavy atom. The van der Waals surface area contributed by atoms with Gasteiger partial charge in [0.25, 0.3) is 0 Å². The molecular formula is C15H23BrN2. The summed E-state index contributed by atoms with van der Waals surface area (Å²) in [5.41, 5.74) is 3.99. The largest absolute Gasteiger partial charge is 0.382 e. The quantitative estimate of drug-likeness (QED) is 0.889. The highest BCUT2D eigenvalue weighted by Gasteiger charge is 2.16. The van der Waals surface area contributed by atoms with Crippen LogP contribution in [0.5, 0.6) is 0 Å². The first-order valence-electron chi connectivity index (χ1n) is 6.78. The zero-order valence-electron chi connectivity index (χ0n) is 11.6. The minimum absolute atomic E-state index is 0.619. The van der Waals surface area contributed by atoms with Crippen LogP contribution in [0.3, 0.4) is 0 Å². The van der Waals surface area contributed by atoms with E-state index in [0.717, 1.165) is 0 Å². The lowest BCUT2D eigenvalue weighted by molar-refractivity contribution is 0.348. The highest BCUT2D eigenvalue weighted by Crippen LogP contribution is 2.27. The number of aryl methyl sites for hydroxylation is 2. The Kier molecular flexibility index (Phi) is 4.68. The Labute approximate surface area is 119 Å². The molecule has 1 N–H and O–H groups in total. The van der Waals surface area contributed by atoms with Crippen molar-refractivity contribution in [3.8, 4) is 0 Å². The lowest BCUT2D eigenvalue weighted by Crippen LogP contribution is -2.23. The first-order valence-corrected chi connectivity index (χ1v) is 7.57. The Morgan fingerprint density at radius 1 is 1.17 bits per heavy atom. The van der Waals surface area contributed by atoms with Gasteiger partial charge >= 0.3 is 0 Å². The molecule has 1 heterocycles. The van der Waals surface area contributed by atoms with Crippen molar-refractivity contribution in [3.05, 3.63) is 27.7 Å². The number of hydrogen-bond donors (Lipinski definition) is 1. The van der Waals surface area contributed by atoms with Crippen molar-refractivity contribution in [2.75, 3.05) is 25.5 Å². The summed E-state index contributed by atoms with van der Waals surface area (Å²) in [5.74, 6) is 0. The Balaban J connectivity index is 2.09. The minimum Gasteiger partial charge on any atom is -0.382 e. The molecule has 1 aromatic carbocycles. The standard InChI is InChI=1S/C15H23BrN2/c1-11-9-13(16)10-12(2)15(11)17-14-5-4-7-18(3)8-6-14/h9-10,14,17H,4-8H2,1-3H3. The molecule has 1 fully saturated rings. The summed E-state index contributed by atoms with van der Waals surface area (Å²) < 4.78 is 1.17. The zero-order chi connectivity index (χ0) is 13.1. The van der Waals surface area contributed by atoms with E-state index in [1.54, 1.807) is 0 Å². The molecule has 0 bridgehead atoms. The fraction of sp³-hybridized carbons (Fsp3) is 0.600. The van der Waals surface area contributed by atoms with Crippen molar-refractivity contribution in [1.82, 2.24) is 4.90 Å². The molecule has 100 valence electrons. The summed E-state index contributed by atoms with van der Waals surface area (Å²) in [6.45, 7) is 6.80. The van der Waals surface area contributed by atoms with E-state index in [1.165, 1.54) is 53.6 Å². The van der Waals surface area contributed by atoms with Crippen molar-refractivity contribution in [3.63, 3.8) is 0 Å². The predicted octanol–water partition coefficient (Wildman–Crippen LogP) is 3.96. The second-order valence-corrected chi connectivity index (χ2v) is 6.41. The van der Waals surface area contributed by atoms with Gasteiger partial charge in [-0.15, -0.1) is 0 Å². The highest BCUT2D eigenvalue weighted by atomic mass is 79.9. The van der Waals surface area contributed by atoms with Crippen LogP contribution in [0.2, 0.25) is 0 Å². The fourth-order valence-electron chi connectivity index (χ4n) is 2.73. The molecule has 1 aliphatic rings. The molecule has 0 amide bonds. The fourth-order valence-corrected chi connectivity index (χ4v) is 3.41. The predicted molar refractivity (Wildman–Crippen MR) is 82.4 cm³/mol. The third-order valence-corrected chi connectivity index (χ3v) is 4.26. The van der Waals surface area contributed by atoms with E-state index in [0.29, 0.717) is 6.04 Å². The zero-order valence-corrected chi connectivity index (χ0v) is 13.2. The van der Waals surface area contributed by atoms with Gasteiger partial charge in [0.05, 0.1) is 0 Å². The molecule has 18 heavy (non-hydrogen) atoms. The second kappa shape index (κ2) is 6.07. The molecule has 1 unspecified atom stereocenters. The summed E-state index contributed by atoms with van der Waals surface area (Å²) >= 11 is 3.56. The molecule has 1 aromatic rings. The maximum absolute atomic E-state index is 3.76. The first kappa shape index (κ1) is 13.9. The maximum atomic E-state index is 3.76. The lowest BCUT2D eigenvalue weighted by Gasteiger charge is -2.21. The van der Waals surface area contributed by atoms with Crippen LogP contribution in [0, 0.1) is 13.8 Å². The molecule has 1 aliphatic heterocycles. The molecule has 2 nitrogen and oxygen atoms in total. The van der Waals surface area contributed by atoms with Crippen LogP contribution in [0.1, 0.15) is 30.4 Å². The number of halogens is 1. The SMILES string of the molecule is Cc1cc(Br)cc(C)c1NC1CCCN(C)CC1. The van der Waals surface area contributed by atoms with Crippen LogP contribution in [0.25, 0.3) is 0 Å². The van der Waals surface area contributed by atoms with E-state index >= 15 is 0 Å². The number of rotatable bonds is 2. The van der Waals surface area contributed by atoms with Crippen LogP contribution in [-0.4, -0.2) is 31.1 Å². The Bertz CT molecular complexity index is 394. The molecule has 0 radical (unpaired) electrons. The van der Waals surface area contributed by atoms with Crippen molar-refractivity contribution in [1.29, 1.82) is 0 Å². The van der Waals surface area contributed by atoms with E-state index in [9.17, 15) is 0 Å². The first-order chi connectivity index (χ1) is 8.56. The summed E-state index contributed by atoms with van der Waals surface area (Å²) in [5, 5.41) is 3.76. The summed E-state index contributed by atoms with van der Waals surface area (Å²) in [4.78, 5) is 2.43. The van der Waals surface area contributed by atoms with Crippen LogP contribution in [0.15, 0.2) is 16.6 Å². The molecule has 0 aliphatic carbocycles. The van der Waals surface area contributed by atoms with Gasteiger partial charge < -0.3 is 10.2 Å². The summed E-state index contributed by atoms with van der Waals surface area (Å²) in [6.07, 6.45) is 3.81. The van der Waals surface area contributed by atoms with Gasteiger partial charge in [0.1, 0.15) is 0 Å². The van der Waals surface area contributed by atoms with E-state index in [-0.39, 0.29) is 0 Å². The van der Waals surface area contributed by atoms with Crippen LogP contribution in [0.4, 0.5) is 5.69 Å². The summed E-state index contributed by atoms with van der Waals surface area (Å²) in [7, 11) is 2.22. The van der Waals surface area contributed by atoms with E-state index in [2.05, 4.69) is 59.2 Å². The monoisotopic (exact) mass is 310 g/mol. The van der Waals surface area contributed by atoms with Gasteiger partial charge in [0, 0.05) is 16.2 Å². The number of benzene rings is 1. The molecule has 0 spiro atoms. The van der Waals surface area contributed by atoms with Gasteiger partial charge in [-0.1, -0.05) is 15.9 Å². The smallest absolute Gasteiger partial charge is 0.0402 e. The molecule has 0 saturated carbocycles. The molecule has 3 heteroatoms. The van der Waals surface area contributed by atoms with Gasteiger partial charge in [-0.3, -0.25) is 0 Å². The van der Waals surface area contributed by atoms with E-state index in [4.69, 9.17) is 0 Å². The normalized spacial score (nSPS) is 21.7. The maximum Gasteiger partial charge on any atom is 0.0402 e. The van der Waals surface area contributed by atoms with Crippen molar-refractivity contribution < 1.29 is 0 Å². The van der Waals surface area contributed by atoms with Gasteiger partial charge in [-0.2, -0.15) is 0 Å². The van der Waals surface area contributed by atoms with Gasteiger partial charge in [-0.25, -0.2) is 0 Å². The number of hydrogen-bond acceptors (Lipinski definition) is 2. The Morgan fingerprint density at radius 2 is 1.83 bits per heavy atom. The number of likely N-dealkylation sites (tertiary alicyclic amines) is 1. The van der Waals surface area contributed by atoms with Gasteiger partial charge in [0.2, 0.25) is 0 Å². The van der Waals surface area contributed by atoms with Crippen LogP contribution >= 0.6 is 15.9 Å². The third kappa shape index (κ3) is 3.48. The number of nitrogens with zero attached hydrogens (tertiary/aromatic N) is 1. The third-order valence-electron chi connectivity index (χ3n) is 3.80. The number of anilines is 1. The average Bonchev–Trinajstić information content (AvgIpc) is 2.48. The topological polar surface area (TPSA) is 15.3 Å². The van der Waals surface area contributed by atoms with E-state index < -0.39 is 0 Å². The summed E-state index contributed by atoms with van der Waals surface area (Å²) in [6, 6.07) is 5.00. The van der Waals surface area contributed by atoms with Crippen molar-refractivity contribution >= 4 is 21.6 Å². The van der Waals surface area contributed by atoms with Gasteiger partial charge in [0.15, 0.2) is 0 Å². The van der Waals surface area contributed by atoms with E-state index in [1.807, 2.05) is 0 Å².